The quantitative estimate of drug-likeness (QED) is 0.746. The van der Waals surface area contributed by atoms with Gasteiger partial charge >= 0.3 is 0 Å². The summed E-state index contributed by atoms with van der Waals surface area (Å²) in [7, 11) is 0. The lowest BCUT2D eigenvalue weighted by atomic mass is 10.2. The molecule has 18 heavy (non-hydrogen) atoms. The maximum absolute atomic E-state index is 5.69. The lowest BCUT2D eigenvalue weighted by Gasteiger charge is -2.06. The number of unbranched alkanes of at least 4 members (excludes halogenated alkanes) is 3. The van der Waals surface area contributed by atoms with Crippen LogP contribution in [0.25, 0.3) is 11.4 Å². The number of H-pyrrole nitrogens is 1. The Balaban J connectivity index is 1.81. The minimum Gasteiger partial charge on any atom is -0.494 e. The summed E-state index contributed by atoms with van der Waals surface area (Å²) in [6.07, 6.45) is 8.52. The van der Waals surface area contributed by atoms with Crippen molar-refractivity contribution in [1.82, 2.24) is 9.97 Å². The lowest BCUT2D eigenvalue weighted by Crippen LogP contribution is -1.97. The van der Waals surface area contributed by atoms with E-state index in [0.717, 1.165) is 30.2 Å². The van der Waals surface area contributed by atoms with Crippen LogP contribution >= 0.6 is 0 Å². The fourth-order valence-corrected chi connectivity index (χ4v) is 1.85. The largest absolute Gasteiger partial charge is 0.494 e. The van der Waals surface area contributed by atoms with Crippen LogP contribution < -0.4 is 4.74 Å². The Morgan fingerprint density at radius 3 is 2.61 bits per heavy atom. The Hall–Kier alpha value is -1.77. The molecule has 0 bridgehead atoms. The summed E-state index contributed by atoms with van der Waals surface area (Å²) in [6, 6.07) is 8.05. The van der Waals surface area contributed by atoms with E-state index in [9.17, 15) is 0 Å². The Bertz CT molecular complexity index is 434. The van der Waals surface area contributed by atoms with Crippen LogP contribution in [0.5, 0.6) is 5.75 Å². The van der Waals surface area contributed by atoms with Crippen molar-refractivity contribution in [2.24, 2.45) is 0 Å². The van der Waals surface area contributed by atoms with Gasteiger partial charge in [-0.1, -0.05) is 26.2 Å². The van der Waals surface area contributed by atoms with Crippen molar-refractivity contribution < 1.29 is 4.74 Å². The van der Waals surface area contributed by atoms with Crippen LogP contribution in [-0.2, 0) is 0 Å². The molecule has 0 unspecified atom stereocenters. The molecule has 0 aliphatic rings. The summed E-state index contributed by atoms with van der Waals surface area (Å²) in [5.41, 5.74) is 1.08. The van der Waals surface area contributed by atoms with Crippen molar-refractivity contribution in [3.8, 4) is 17.1 Å². The zero-order valence-electron chi connectivity index (χ0n) is 10.9. The van der Waals surface area contributed by atoms with E-state index >= 15 is 0 Å². The molecule has 0 amide bonds. The van der Waals surface area contributed by atoms with E-state index in [-0.39, 0.29) is 0 Å². The lowest BCUT2D eigenvalue weighted by molar-refractivity contribution is 0.305. The molecule has 3 nitrogen and oxygen atoms in total. The van der Waals surface area contributed by atoms with Crippen LogP contribution in [-0.4, -0.2) is 16.6 Å². The van der Waals surface area contributed by atoms with Crippen LogP contribution in [0.3, 0.4) is 0 Å². The number of aromatic amines is 1. The molecule has 0 radical (unpaired) electrons. The van der Waals surface area contributed by atoms with Crippen molar-refractivity contribution in [3.05, 3.63) is 36.7 Å². The molecule has 1 aromatic carbocycles. The first-order valence-electron chi connectivity index (χ1n) is 6.63. The summed E-state index contributed by atoms with van der Waals surface area (Å²) in [6.45, 7) is 3.02. The van der Waals surface area contributed by atoms with E-state index in [1.54, 1.807) is 6.20 Å². The molecule has 3 heteroatoms. The van der Waals surface area contributed by atoms with Crippen molar-refractivity contribution >= 4 is 0 Å². The minimum atomic E-state index is 0.806. The normalized spacial score (nSPS) is 10.5. The molecular weight excluding hydrogens is 224 g/mol. The smallest absolute Gasteiger partial charge is 0.137 e. The highest BCUT2D eigenvalue weighted by Crippen LogP contribution is 2.19. The predicted octanol–water partition coefficient (Wildman–Crippen LogP) is 4.04. The molecule has 0 aliphatic carbocycles. The van der Waals surface area contributed by atoms with Gasteiger partial charge in [-0.3, -0.25) is 0 Å². The van der Waals surface area contributed by atoms with Crippen molar-refractivity contribution in [3.63, 3.8) is 0 Å². The number of aromatic nitrogens is 2. The highest BCUT2D eigenvalue weighted by Gasteiger charge is 2.00. The predicted molar refractivity (Wildman–Crippen MR) is 73.7 cm³/mol. The van der Waals surface area contributed by atoms with E-state index in [1.165, 1.54) is 19.3 Å². The van der Waals surface area contributed by atoms with Crippen LogP contribution in [0.1, 0.15) is 32.6 Å². The first kappa shape index (κ1) is 12.7. The van der Waals surface area contributed by atoms with E-state index in [0.29, 0.717) is 0 Å². The average molecular weight is 244 g/mol. The van der Waals surface area contributed by atoms with Crippen LogP contribution in [0, 0.1) is 0 Å². The monoisotopic (exact) mass is 244 g/mol. The number of benzene rings is 1. The van der Waals surface area contributed by atoms with Gasteiger partial charge in [-0.15, -0.1) is 0 Å². The molecule has 0 spiro atoms. The van der Waals surface area contributed by atoms with E-state index < -0.39 is 0 Å². The molecule has 0 atom stereocenters. The van der Waals surface area contributed by atoms with Crippen LogP contribution in [0.15, 0.2) is 36.7 Å². The van der Waals surface area contributed by atoms with Crippen LogP contribution in [0.4, 0.5) is 0 Å². The zero-order chi connectivity index (χ0) is 12.6. The number of rotatable bonds is 7. The van der Waals surface area contributed by atoms with Gasteiger partial charge in [0.05, 0.1) is 6.61 Å². The molecule has 0 saturated carbocycles. The van der Waals surface area contributed by atoms with Crippen molar-refractivity contribution in [1.29, 1.82) is 0 Å². The number of hydrogen-bond donors (Lipinski definition) is 1. The van der Waals surface area contributed by atoms with Gasteiger partial charge < -0.3 is 9.72 Å². The van der Waals surface area contributed by atoms with E-state index in [2.05, 4.69) is 16.9 Å². The summed E-state index contributed by atoms with van der Waals surface area (Å²) in [5, 5.41) is 0. The number of imidazole rings is 1. The van der Waals surface area contributed by atoms with Crippen molar-refractivity contribution in [2.45, 2.75) is 32.6 Å². The SMILES string of the molecule is CCCCCCOc1ccc(-c2ncc[nH]2)cc1. The zero-order valence-corrected chi connectivity index (χ0v) is 10.9. The first-order valence-corrected chi connectivity index (χ1v) is 6.63. The minimum absolute atomic E-state index is 0.806. The Labute approximate surface area is 108 Å². The highest BCUT2D eigenvalue weighted by atomic mass is 16.5. The number of nitrogens with zero attached hydrogens (tertiary/aromatic N) is 1. The number of ether oxygens (including phenoxy) is 1. The second kappa shape index (κ2) is 6.84. The molecular formula is C15H20N2O. The maximum Gasteiger partial charge on any atom is 0.137 e. The number of nitrogens with one attached hydrogen (secondary N) is 1. The summed E-state index contributed by atoms with van der Waals surface area (Å²) in [5.74, 6) is 1.83. The fourth-order valence-electron chi connectivity index (χ4n) is 1.85. The van der Waals surface area contributed by atoms with Gasteiger partial charge in [0, 0.05) is 18.0 Å². The topological polar surface area (TPSA) is 37.9 Å². The van der Waals surface area contributed by atoms with E-state index in [1.807, 2.05) is 30.5 Å². The average Bonchev–Trinajstić information content (AvgIpc) is 2.93. The third-order valence-corrected chi connectivity index (χ3v) is 2.89. The van der Waals surface area contributed by atoms with Gasteiger partial charge in [0.1, 0.15) is 11.6 Å². The summed E-state index contributed by atoms with van der Waals surface area (Å²) in [4.78, 5) is 7.30. The fraction of sp³-hybridized carbons (Fsp3) is 0.400. The molecule has 2 aromatic rings. The molecule has 2 rings (SSSR count). The van der Waals surface area contributed by atoms with Crippen molar-refractivity contribution in [2.75, 3.05) is 6.61 Å². The molecule has 0 aliphatic heterocycles. The molecule has 1 heterocycles. The Morgan fingerprint density at radius 2 is 1.94 bits per heavy atom. The second-order valence-electron chi connectivity index (χ2n) is 4.37. The van der Waals surface area contributed by atoms with Gasteiger partial charge in [-0.25, -0.2) is 4.98 Å². The third-order valence-electron chi connectivity index (χ3n) is 2.89. The Kier molecular flexibility index (Phi) is 4.82. The number of hydrogen-bond acceptors (Lipinski definition) is 2. The maximum atomic E-state index is 5.69. The van der Waals surface area contributed by atoms with Gasteiger partial charge in [0.2, 0.25) is 0 Å². The summed E-state index contributed by atoms with van der Waals surface area (Å²) >= 11 is 0. The molecule has 0 fully saturated rings. The second-order valence-corrected chi connectivity index (χ2v) is 4.37. The summed E-state index contributed by atoms with van der Waals surface area (Å²) < 4.78 is 5.69. The highest BCUT2D eigenvalue weighted by molar-refractivity contribution is 5.55. The van der Waals surface area contributed by atoms with Gasteiger partial charge in [0.25, 0.3) is 0 Å². The van der Waals surface area contributed by atoms with E-state index in [4.69, 9.17) is 4.74 Å². The molecule has 1 aromatic heterocycles. The molecule has 0 saturated heterocycles. The third kappa shape index (κ3) is 3.62. The van der Waals surface area contributed by atoms with Crippen LogP contribution in [0.2, 0.25) is 0 Å². The van der Waals surface area contributed by atoms with Gasteiger partial charge in [-0.2, -0.15) is 0 Å². The first-order chi connectivity index (χ1) is 8.90. The van der Waals surface area contributed by atoms with Gasteiger partial charge in [0.15, 0.2) is 0 Å². The molecule has 1 N–H and O–H groups in total. The van der Waals surface area contributed by atoms with Gasteiger partial charge in [-0.05, 0) is 30.7 Å². The standard InChI is InChI=1S/C15H20N2O/c1-2-3-4-5-12-18-14-8-6-13(7-9-14)15-16-10-11-17-15/h6-11H,2-5,12H2,1H3,(H,16,17). The Morgan fingerprint density at radius 1 is 1.11 bits per heavy atom. The molecule has 96 valence electrons.